The van der Waals surface area contributed by atoms with Crippen LogP contribution in [0.4, 0.5) is 0 Å². The van der Waals surface area contributed by atoms with Crippen molar-refractivity contribution in [1.29, 1.82) is 0 Å². The summed E-state index contributed by atoms with van der Waals surface area (Å²) in [5.74, 6) is 1.73. The molecule has 5 heteroatoms. The summed E-state index contributed by atoms with van der Waals surface area (Å²) in [6, 6.07) is 8.24. The van der Waals surface area contributed by atoms with Crippen LogP contribution in [0.25, 0.3) is 0 Å². The lowest BCUT2D eigenvalue weighted by Crippen LogP contribution is -2.25. The fourth-order valence-electron chi connectivity index (χ4n) is 2.05. The minimum atomic E-state index is 0.809. The van der Waals surface area contributed by atoms with E-state index in [0.717, 1.165) is 35.6 Å². The van der Waals surface area contributed by atoms with E-state index in [0.29, 0.717) is 0 Å². The van der Waals surface area contributed by atoms with Crippen molar-refractivity contribution in [1.82, 2.24) is 15.3 Å². The molecule has 0 saturated carbocycles. The molecule has 1 aromatic heterocycles. The second kappa shape index (κ2) is 6.03. The molecular formula is C14H14BrN3S. The van der Waals surface area contributed by atoms with Crippen molar-refractivity contribution >= 4 is 27.7 Å². The minimum Gasteiger partial charge on any atom is -0.312 e. The summed E-state index contributed by atoms with van der Waals surface area (Å²) in [7, 11) is 0. The quantitative estimate of drug-likeness (QED) is 0.874. The Morgan fingerprint density at radius 1 is 1.32 bits per heavy atom. The fourth-order valence-corrected chi connectivity index (χ4v) is 3.48. The van der Waals surface area contributed by atoms with Crippen LogP contribution < -0.4 is 5.32 Å². The maximum atomic E-state index is 4.67. The standard InChI is InChI=1S/C14H14BrN3S/c15-11-3-1-2-4-13(11)19-9-14-17-8-10-7-16-6-5-12(10)18-14/h1-4,8,16H,5-7,9H2. The van der Waals surface area contributed by atoms with Crippen molar-refractivity contribution in [2.75, 3.05) is 6.54 Å². The highest BCUT2D eigenvalue weighted by atomic mass is 79.9. The van der Waals surface area contributed by atoms with Crippen LogP contribution in [0.1, 0.15) is 17.1 Å². The van der Waals surface area contributed by atoms with E-state index in [4.69, 9.17) is 0 Å². The molecule has 0 saturated heterocycles. The van der Waals surface area contributed by atoms with Crippen LogP contribution in [0.5, 0.6) is 0 Å². The lowest BCUT2D eigenvalue weighted by molar-refractivity contribution is 0.622. The second-order valence-electron chi connectivity index (χ2n) is 4.40. The first kappa shape index (κ1) is 13.1. The van der Waals surface area contributed by atoms with Crippen LogP contribution in [0.15, 0.2) is 39.8 Å². The number of aromatic nitrogens is 2. The number of nitrogens with one attached hydrogen (secondary N) is 1. The van der Waals surface area contributed by atoms with Gasteiger partial charge in [-0.25, -0.2) is 9.97 Å². The topological polar surface area (TPSA) is 37.8 Å². The number of fused-ring (bicyclic) bond motifs is 1. The van der Waals surface area contributed by atoms with Crippen molar-refractivity contribution in [3.8, 4) is 0 Å². The summed E-state index contributed by atoms with van der Waals surface area (Å²) < 4.78 is 1.13. The Morgan fingerprint density at radius 3 is 3.11 bits per heavy atom. The monoisotopic (exact) mass is 335 g/mol. The van der Waals surface area contributed by atoms with Crippen LogP contribution in [0.3, 0.4) is 0 Å². The molecule has 0 atom stereocenters. The lowest BCUT2D eigenvalue weighted by atomic mass is 10.1. The van der Waals surface area contributed by atoms with E-state index in [9.17, 15) is 0 Å². The molecule has 0 bridgehead atoms. The summed E-state index contributed by atoms with van der Waals surface area (Å²) in [5.41, 5.74) is 2.44. The molecule has 1 aliphatic rings. The molecule has 0 fully saturated rings. The van der Waals surface area contributed by atoms with Crippen LogP contribution in [0.2, 0.25) is 0 Å². The normalized spacial score (nSPS) is 14.2. The first-order valence-corrected chi connectivity index (χ1v) is 8.02. The average molecular weight is 336 g/mol. The highest BCUT2D eigenvalue weighted by molar-refractivity contribution is 9.10. The number of benzene rings is 1. The van der Waals surface area contributed by atoms with Crippen LogP contribution in [-0.2, 0) is 18.7 Å². The van der Waals surface area contributed by atoms with E-state index < -0.39 is 0 Å². The third-order valence-corrected chi connectivity index (χ3v) is 5.08. The van der Waals surface area contributed by atoms with E-state index in [1.165, 1.54) is 16.2 Å². The van der Waals surface area contributed by atoms with Gasteiger partial charge in [-0.05, 0) is 28.1 Å². The molecule has 1 aromatic carbocycles. The van der Waals surface area contributed by atoms with Gasteiger partial charge in [-0.2, -0.15) is 0 Å². The molecule has 2 heterocycles. The molecule has 0 aliphatic carbocycles. The number of nitrogens with zero attached hydrogens (tertiary/aromatic N) is 2. The second-order valence-corrected chi connectivity index (χ2v) is 6.28. The van der Waals surface area contributed by atoms with Gasteiger partial charge in [-0.3, -0.25) is 0 Å². The zero-order chi connectivity index (χ0) is 13.1. The molecule has 0 spiro atoms. The maximum Gasteiger partial charge on any atom is 0.138 e. The van der Waals surface area contributed by atoms with Gasteiger partial charge >= 0.3 is 0 Å². The Balaban J connectivity index is 1.72. The van der Waals surface area contributed by atoms with Gasteiger partial charge in [-0.15, -0.1) is 11.8 Å². The molecule has 19 heavy (non-hydrogen) atoms. The Hall–Kier alpha value is -0.910. The zero-order valence-electron chi connectivity index (χ0n) is 10.4. The first-order valence-electron chi connectivity index (χ1n) is 6.24. The van der Waals surface area contributed by atoms with Gasteiger partial charge < -0.3 is 5.32 Å². The number of hydrogen-bond acceptors (Lipinski definition) is 4. The molecular weight excluding hydrogens is 322 g/mol. The lowest BCUT2D eigenvalue weighted by Gasteiger charge is -2.16. The van der Waals surface area contributed by atoms with E-state index in [1.807, 2.05) is 18.3 Å². The van der Waals surface area contributed by atoms with Crippen molar-refractivity contribution in [2.45, 2.75) is 23.6 Å². The largest absolute Gasteiger partial charge is 0.312 e. The molecule has 2 aromatic rings. The average Bonchev–Trinajstić information content (AvgIpc) is 2.46. The van der Waals surface area contributed by atoms with E-state index in [2.05, 4.69) is 43.3 Å². The molecule has 1 aliphatic heterocycles. The molecule has 0 radical (unpaired) electrons. The molecule has 1 N–H and O–H groups in total. The fraction of sp³-hybridized carbons (Fsp3) is 0.286. The van der Waals surface area contributed by atoms with Gasteiger partial charge in [0.1, 0.15) is 5.82 Å². The third kappa shape index (κ3) is 3.16. The van der Waals surface area contributed by atoms with E-state index >= 15 is 0 Å². The predicted molar refractivity (Wildman–Crippen MR) is 81.1 cm³/mol. The molecule has 3 rings (SSSR count). The van der Waals surface area contributed by atoms with Gasteiger partial charge in [0.2, 0.25) is 0 Å². The summed E-state index contributed by atoms with van der Waals surface area (Å²) in [5, 5.41) is 3.33. The van der Waals surface area contributed by atoms with Crippen molar-refractivity contribution < 1.29 is 0 Å². The van der Waals surface area contributed by atoms with Crippen LogP contribution in [-0.4, -0.2) is 16.5 Å². The van der Waals surface area contributed by atoms with Crippen molar-refractivity contribution in [3.63, 3.8) is 0 Å². The van der Waals surface area contributed by atoms with Gasteiger partial charge in [0.05, 0.1) is 5.75 Å². The molecule has 0 unspecified atom stereocenters. The number of halogens is 1. The summed E-state index contributed by atoms with van der Waals surface area (Å²) >= 11 is 5.32. The summed E-state index contributed by atoms with van der Waals surface area (Å²) in [6.45, 7) is 1.91. The number of rotatable bonds is 3. The highest BCUT2D eigenvalue weighted by Crippen LogP contribution is 2.29. The van der Waals surface area contributed by atoms with Gasteiger partial charge in [0.25, 0.3) is 0 Å². The van der Waals surface area contributed by atoms with Crippen molar-refractivity contribution in [2.24, 2.45) is 0 Å². The number of hydrogen-bond donors (Lipinski definition) is 1. The van der Waals surface area contributed by atoms with Gasteiger partial charge in [0, 0.05) is 46.3 Å². The van der Waals surface area contributed by atoms with Crippen LogP contribution >= 0.6 is 27.7 Å². The van der Waals surface area contributed by atoms with E-state index in [-0.39, 0.29) is 0 Å². The third-order valence-electron chi connectivity index (χ3n) is 3.05. The SMILES string of the molecule is Brc1ccccc1SCc1ncc2c(n1)CCNC2. The molecule has 98 valence electrons. The summed E-state index contributed by atoms with van der Waals surface area (Å²) in [4.78, 5) is 10.3. The Morgan fingerprint density at radius 2 is 2.21 bits per heavy atom. The summed E-state index contributed by atoms with van der Waals surface area (Å²) in [6.07, 6.45) is 2.97. The van der Waals surface area contributed by atoms with Crippen LogP contribution in [0, 0.1) is 0 Å². The van der Waals surface area contributed by atoms with Gasteiger partial charge in [-0.1, -0.05) is 12.1 Å². The maximum absolute atomic E-state index is 4.67. The predicted octanol–water partition coefficient (Wildman–Crippen LogP) is 3.18. The highest BCUT2D eigenvalue weighted by Gasteiger charge is 2.11. The molecule has 3 nitrogen and oxygen atoms in total. The first-order chi connectivity index (χ1) is 9.33. The number of thioether (sulfide) groups is 1. The minimum absolute atomic E-state index is 0.809. The smallest absolute Gasteiger partial charge is 0.138 e. The van der Waals surface area contributed by atoms with E-state index in [1.54, 1.807) is 11.8 Å². The van der Waals surface area contributed by atoms with Gasteiger partial charge in [0.15, 0.2) is 0 Å². The Bertz CT molecular complexity index is 589. The Labute approximate surface area is 125 Å². The van der Waals surface area contributed by atoms with Crippen molar-refractivity contribution in [3.05, 3.63) is 52.0 Å². The zero-order valence-corrected chi connectivity index (χ0v) is 12.8. The molecule has 0 amide bonds. The Kier molecular flexibility index (Phi) is 4.15.